The van der Waals surface area contributed by atoms with E-state index >= 15 is 0 Å². The van der Waals surface area contributed by atoms with Crippen molar-refractivity contribution >= 4 is 11.9 Å². The van der Waals surface area contributed by atoms with Crippen LogP contribution < -0.4 is 0 Å². The van der Waals surface area contributed by atoms with Gasteiger partial charge in [0.15, 0.2) is 5.79 Å². The van der Waals surface area contributed by atoms with Gasteiger partial charge in [-0.3, -0.25) is 4.79 Å². The summed E-state index contributed by atoms with van der Waals surface area (Å²) in [7, 11) is 0. The molecule has 6 nitrogen and oxygen atoms in total. The molecule has 1 saturated heterocycles. The summed E-state index contributed by atoms with van der Waals surface area (Å²) in [6, 6.07) is 9.50. The average Bonchev–Trinajstić information content (AvgIpc) is 3.58. The van der Waals surface area contributed by atoms with E-state index in [9.17, 15) is 14.7 Å². The maximum atomic E-state index is 13.5. The van der Waals surface area contributed by atoms with Gasteiger partial charge in [0.05, 0.1) is 24.7 Å². The van der Waals surface area contributed by atoms with E-state index in [1.165, 1.54) is 25.7 Å². The fourth-order valence-corrected chi connectivity index (χ4v) is 10.8. The highest BCUT2D eigenvalue weighted by Gasteiger charge is 2.65. The number of carbonyl (C=O) groups excluding carboxylic acids is 1. The second kappa shape index (κ2) is 11.5. The molecule has 232 valence electrons. The van der Waals surface area contributed by atoms with Crippen molar-refractivity contribution in [2.75, 3.05) is 13.2 Å². The maximum absolute atomic E-state index is 13.5. The maximum Gasteiger partial charge on any atom is 0.338 e. The quantitative estimate of drug-likeness (QED) is 0.317. The number of esters is 1. The Hall–Kier alpha value is -1.92. The van der Waals surface area contributed by atoms with E-state index in [1.54, 1.807) is 0 Å². The summed E-state index contributed by atoms with van der Waals surface area (Å²) >= 11 is 0. The molecule has 0 bridgehead atoms. The van der Waals surface area contributed by atoms with Crippen LogP contribution >= 0.6 is 0 Å². The number of hydrogen-bond acceptors (Lipinski definition) is 5. The Morgan fingerprint density at radius 2 is 1.67 bits per heavy atom. The van der Waals surface area contributed by atoms with Gasteiger partial charge >= 0.3 is 11.9 Å². The largest absolute Gasteiger partial charge is 0.481 e. The fraction of sp³-hybridized carbons (Fsp3) is 0.778. The molecule has 1 aromatic carbocycles. The van der Waals surface area contributed by atoms with Gasteiger partial charge in [-0.25, -0.2) is 4.79 Å². The van der Waals surface area contributed by atoms with E-state index < -0.39 is 11.8 Å². The lowest BCUT2D eigenvalue weighted by Gasteiger charge is -2.63. The van der Waals surface area contributed by atoms with Crippen molar-refractivity contribution in [1.82, 2.24) is 0 Å². The molecule has 5 aliphatic rings. The number of rotatable bonds is 8. The second-order valence-electron chi connectivity index (χ2n) is 15.2. The molecule has 6 rings (SSSR count). The number of carbonyl (C=O) groups is 2. The number of fused-ring (bicyclic) bond motifs is 5. The molecule has 10 atom stereocenters. The monoisotopic (exact) mass is 580 g/mol. The van der Waals surface area contributed by atoms with Gasteiger partial charge < -0.3 is 19.3 Å². The Morgan fingerprint density at radius 1 is 0.952 bits per heavy atom. The van der Waals surface area contributed by atoms with Crippen LogP contribution in [0.15, 0.2) is 30.3 Å². The summed E-state index contributed by atoms with van der Waals surface area (Å²) in [4.78, 5) is 24.9. The lowest BCUT2D eigenvalue weighted by atomic mass is 9.43. The summed E-state index contributed by atoms with van der Waals surface area (Å²) in [5.74, 6) is 1.48. The Morgan fingerprint density at radius 3 is 2.38 bits per heavy atom. The van der Waals surface area contributed by atoms with Crippen LogP contribution in [0.25, 0.3) is 0 Å². The highest BCUT2D eigenvalue weighted by Crippen LogP contribution is 2.69. The summed E-state index contributed by atoms with van der Waals surface area (Å²) in [6.45, 7) is 10.7. The van der Waals surface area contributed by atoms with Crippen LogP contribution in [0, 0.1) is 52.3 Å². The van der Waals surface area contributed by atoms with Gasteiger partial charge in [-0.2, -0.15) is 0 Å². The van der Waals surface area contributed by atoms with E-state index in [0.717, 1.165) is 44.9 Å². The number of aliphatic carboxylic acids is 1. The molecule has 5 fully saturated rings. The van der Waals surface area contributed by atoms with Crippen molar-refractivity contribution in [1.29, 1.82) is 0 Å². The first kappa shape index (κ1) is 30.1. The van der Waals surface area contributed by atoms with Gasteiger partial charge in [-0.05, 0) is 97.5 Å². The third kappa shape index (κ3) is 5.23. The molecule has 4 saturated carbocycles. The Bertz CT molecular complexity index is 1130. The molecule has 1 heterocycles. The zero-order chi connectivity index (χ0) is 29.7. The van der Waals surface area contributed by atoms with Gasteiger partial charge in [0.25, 0.3) is 0 Å². The van der Waals surface area contributed by atoms with Crippen LogP contribution in [0.3, 0.4) is 0 Å². The normalized spacial score (nSPS) is 40.0. The van der Waals surface area contributed by atoms with E-state index in [1.807, 2.05) is 37.3 Å². The molecule has 42 heavy (non-hydrogen) atoms. The average molecular weight is 581 g/mol. The molecule has 3 unspecified atom stereocenters. The summed E-state index contributed by atoms with van der Waals surface area (Å²) in [5, 5.41) is 9.34. The summed E-state index contributed by atoms with van der Waals surface area (Å²) in [6.07, 6.45) is 11.5. The lowest BCUT2D eigenvalue weighted by molar-refractivity contribution is -0.242. The van der Waals surface area contributed by atoms with Crippen molar-refractivity contribution in [2.24, 2.45) is 52.3 Å². The van der Waals surface area contributed by atoms with Gasteiger partial charge in [0.2, 0.25) is 0 Å². The van der Waals surface area contributed by atoms with E-state index in [4.69, 9.17) is 14.2 Å². The minimum atomic E-state index is -0.686. The predicted molar refractivity (Wildman–Crippen MR) is 161 cm³/mol. The topological polar surface area (TPSA) is 82.1 Å². The molecule has 1 aliphatic heterocycles. The number of carboxylic acids is 1. The molecule has 1 N–H and O–H groups in total. The first-order valence-electron chi connectivity index (χ1n) is 16.8. The van der Waals surface area contributed by atoms with Crippen LogP contribution in [-0.4, -0.2) is 42.1 Å². The minimum absolute atomic E-state index is 0.0903. The molecule has 0 radical (unpaired) electrons. The third-order valence-electron chi connectivity index (χ3n) is 13.2. The zero-order valence-corrected chi connectivity index (χ0v) is 26.2. The number of ether oxygens (including phenoxy) is 3. The Balaban J connectivity index is 1.25. The van der Waals surface area contributed by atoms with E-state index in [0.29, 0.717) is 54.3 Å². The minimum Gasteiger partial charge on any atom is -0.481 e. The van der Waals surface area contributed by atoms with Crippen molar-refractivity contribution < 1.29 is 28.9 Å². The van der Waals surface area contributed by atoms with Crippen molar-refractivity contribution in [3.8, 4) is 0 Å². The van der Waals surface area contributed by atoms with Gasteiger partial charge in [-0.15, -0.1) is 0 Å². The van der Waals surface area contributed by atoms with Crippen molar-refractivity contribution in [2.45, 2.75) is 110 Å². The molecule has 4 aliphatic carbocycles. The van der Waals surface area contributed by atoms with Crippen LogP contribution in [0.2, 0.25) is 0 Å². The van der Waals surface area contributed by atoms with Crippen LogP contribution in [0.1, 0.15) is 109 Å². The molecule has 1 aromatic rings. The van der Waals surface area contributed by atoms with Gasteiger partial charge in [0, 0.05) is 18.8 Å². The van der Waals surface area contributed by atoms with Crippen LogP contribution in [-0.2, 0) is 19.0 Å². The molecule has 6 heteroatoms. The zero-order valence-electron chi connectivity index (χ0n) is 26.2. The van der Waals surface area contributed by atoms with Crippen molar-refractivity contribution in [3.63, 3.8) is 0 Å². The Kier molecular flexibility index (Phi) is 8.28. The lowest BCUT2D eigenvalue weighted by Crippen LogP contribution is -2.60. The highest BCUT2D eigenvalue weighted by atomic mass is 16.7. The molecule has 0 aromatic heterocycles. The number of carboxylic acid groups (broad SMARTS) is 1. The summed E-state index contributed by atoms with van der Waals surface area (Å²) in [5.41, 5.74) is 1.07. The highest BCUT2D eigenvalue weighted by molar-refractivity contribution is 5.89. The first-order chi connectivity index (χ1) is 20.1. The predicted octanol–water partition coefficient (Wildman–Crippen LogP) is 7.75. The van der Waals surface area contributed by atoms with Crippen molar-refractivity contribution in [3.05, 3.63) is 35.9 Å². The Labute approximate surface area is 252 Å². The number of benzene rings is 1. The van der Waals surface area contributed by atoms with E-state index in [2.05, 4.69) is 20.8 Å². The molecular formula is C36H52O6. The van der Waals surface area contributed by atoms with Gasteiger partial charge in [0.1, 0.15) is 6.10 Å². The molecule has 1 spiro atoms. The standard InChI is InChI=1S/C36H52O6/c1-23(9-8-10-24(2)32(37)38)27-13-14-28-31-29(15-16-35(27,28)4)34(3)17-18-36(40-19-20-41-36)22-26(34)21-30(31)42-33(39)25-11-6-5-7-12-25/h5-7,11-12,23-24,26-31H,8-10,13-22H2,1-4H3,(H,37,38)/t23-,24-,26+,27-,28?,29?,30-,31?,34+,35-/m1/s1. The van der Waals surface area contributed by atoms with Crippen LogP contribution in [0.4, 0.5) is 0 Å². The smallest absolute Gasteiger partial charge is 0.338 e. The first-order valence-corrected chi connectivity index (χ1v) is 16.8. The molecular weight excluding hydrogens is 528 g/mol. The third-order valence-corrected chi connectivity index (χ3v) is 13.2. The van der Waals surface area contributed by atoms with Crippen LogP contribution in [0.5, 0.6) is 0 Å². The summed E-state index contributed by atoms with van der Waals surface area (Å²) < 4.78 is 19.0. The second-order valence-corrected chi connectivity index (χ2v) is 15.2. The SMILES string of the molecule is C[C@H](CCC[C@@H](C)[C@H]1CCC2C3C(CC[C@@]21C)[C@@]1(C)CCC2(C[C@@H]1C[C@H]3OC(=O)c1ccccc1)OCCO2)C(=O)O. The molecule has 0 amide bonds. The van der Waals surface area contributed by atoms with E-state index in [-0.39, 0.29) is 28.8 Å². The number of hydrogen-bond donors (Lipinski definition) is 1. The fourth-order valence-electron chi connectivity index (χ4n) is 10.8. The van der Waals surface area contributed by atoms with Gasteiger partial charge in [-0.1, -0.05) is 58.7 Å².